The van der Waals surface area contributed by atoms with Crippen LogP contribution in [0.3, 0.4) is 0 Å². The molecule has 0 spiro atoms. The van der Waals surface area contributed by atoms with Gasteiger partial charge in [0, 0.05) is 12.4 Å². The standard InChI is InChI=1S/C38H32N4Si/c1-43(2)37(33-23-13-21-31(41-33)29-19-9-11-25-39-29)35(27-15-5-3-6-16-27)36(28-17-7-4-8-18-28)38(43)34-24-14-22-32(42-34)30-20-10-12-26-40-30/h3-23,25-26,34H,24H2,1-2H3. The number of pyridine rings is 3. The molecule has 2 aliphatic rings. The first kappa shape index (κ1) is 26.9. The molecule has 0 N–H and O–H groups in total. The maximum atomic E-state index is 5.41. The highest BCUT2D eigenvalue weighted by Gasteiger charge is 2.46. The van der Waals surface area contributed by atoms with E-state index in [1.54, 1.807) is 0 Å². The summed E-state index contributed by atoms with van der Waals surface area (Å²) in [6.07, 6.45) is 8.91. The van der Waals surface area contributed by atoms with Crippen molar-refractivity contribution < 1.29 is 0 Å². The maximum Gasteiger partial charge on any atom is 0.114 e. The fourth-order valence-electron chi connectivity index (χ4n) is 6.50. The van der Waals surface area contributed by atoms with Gasteiger partial charge in [-0.1, -0.05) is 98.0 Å². The first-order valence-corrected chi connectivity index (χ1v) is 17.8. The minimum Gasteiger partial charge on any atom is -0.275 e. The van der Waals surface area contributed by atoms with Crippen LogP contribution in [0.25, 0.3) is 27.7 Å². The molecule has 3 aromatic heterocycles. The summed E-state index contributed by atoms with van der Waals surface area (Å²) in [6.45, 7) is 4.94. The van der Waals surface area contributed by atoms with Crippen molar-refractivity contribution in [2.24, 2.45) is 4.99 Å². The van der Waals surface area contributed by atoms with Gasteiger partial charge in [-0.25, -0.2) is 4.98 Å². The Kier molecular flexibility index (Phi) is 7.09. The van der Waals surface area contributed by atoms with E-state index < -0.39 is 8.07 Å². The number of rotatable bonds is 6. The van der Waals surface area contributed by atoms with E-state index in [9.17, 15) is 0 Å². The van der Waals surface area contributed by atoms with Crippen LogP contribution in [0.4, 0.5) is 0 Å². The van der Waals surface area contributed by atoms with Gasteiger partial charge in [0.1, 0.15) is 8.07 Å². The number of hydrogen-bond acceptors (Lipinski definition) is 4. The van der Waals surface area contributed by atoms with E-state index in [1.165, 1.54) is 32.7 Å². The van der Waals surface area contributed by atoms with E-state index >= 15 is 0 Å². The second-order valence-electron chi connectivity index (χ2n) is 11.4. The number of dihydropyridines is 1. The van der Waals surface area contributed by atoms with Gasteiger partial charge in [0.25, 0.3) is 0 Å². The van der Waals surface area contributed by atoms with Crippen LogP contribution >= 0.6 is 0 Å². The second-order valence-corrected chi connectivity index (χ2v) is 15.7. The Balaban J connectivity index is 1.49. The smallest absolute Gasteiger partial charge is 0.114 e. The molecule has 5 heteroatoms. The predicted octanol–water partition coefficient (Wildman–Crippen LogP) is 8.52. The summed E-state index contributed by atoms with van der Waals surface area (Å²) >= 11 is 0. The molecule has 0 aliphatic carbocycles. The number of aromatic nitrogens is 3. The highest BCUT2D eigenvalue weighted by Crippen LogP contribution is 2.54. The van der Waals surface area contributed by atoms with Crippen LogP contribution in [-0.2, 0) is 0 Å². The molecular formula is C38H32N4Si. The molecular weight excluding hydrogens is 541 g/mol. The molecule has 0 fully saturated rings. The monoisotopic (exact) mass is 572 g/mol. The average Bonchev–Trinajstić information content (AvgIpc) is 3.33. The van der Waals surface area contributed by atoms with Crippen LogP contribution in [0, 0.1) is 0 Å². The number of allylic oxidation sites excluding steroid dienone is 3. The normalized spacial score (nSPS) is 17.7. The highest BCUT2D eigenvalue weighted by atomic mass is 28.3. The summed E-state index contributed by atoms with van der Waals surface area (Å²) in [5.74, 6) is 0. The molecule has 43 heavy (non-hydrogen) atoms. The van der Waals surface area contributed by atoms with Gasteiger partial charge in [0.15, 0.2) is 0 Å². The van der Waals surface area contributed by atoms with Gasteiger partial charge >= 0.3 is 0 Å². The fraction of sp³-hybridized carbons (Fsp3) is 0.105. The third-order valence-electron chi connectivity index (χ3n) is 8.32. The van der Waals surface area contributed by atoms with Crippen molar-refractivity contribution in [1.82, 2.24) is 15.0 Å². The van der Waals surface area contributed by atoms with E-state index in [1.807, 2.05) is 48.8 Å². The largest absolute Gasteiger partial charge is 0.275 e. The van der Waals surface area contributed by atoms with Crippen LogP contribution in [0.5, 0.6) is 0 Å². The Morgan fingerprint density at radius 3 is 1.81 bits per heavy atom. The van der Waals surface area contributed by atoms with Gasteiger partial charge in [-0.05, 0) is 81.6 Å². The van der Waals surface area contributed by atoms with E-state index in [-0.39, 0.29) is 6.04 Å². The van der Waals surface area contributed by atoms with Crippen molar-refractivity contribution in [2.45, 2.75) is 25.6 Å². The van der Waals surface area contributed by atoms with E-state index in [0.717, 1.165) is 34.9 Å². The first-order chi connectivity index (χ1) is 21.1. The third-order valence-corrected chi connectivity index (χ3v) is 12.0. The second kappa shape index (κ2) is 11.3. The number of aliphatic imine (C=N–C) groups is 1. The SMILES string of the molecule is C[Si]1(C)C(c2cccc(-c3ccccn3)n2)=C(c2ccccc2)C(c2ccccc2)=C1C1CC=CC(c2ccccn2)=N1. The zero-order valence-electron chi connectivity index (χ0n) is 24.4. The van der Waals surface area contributed by atoms with Crippen LogP contribution < -0.4 is 0 Å². The van der Waals surface area contributed by atoms with Crippen molar-refractivity contribution in [1.29, 1.82) is 0 Å². The molecule has 0 saturated heterocycles. The molecule has 1 atom stereocenters. The van der Waals surface area contributed by atoms with Gasteiger partial charge in [-0.3, -0.25) is 15.0 Å². The lowest BCUT2D eigenvalue weighted by Crippen LogP contribution is -2.36. The zero-order valence-corrected chi connectivity index (χ0v) is 25.4. The van der Waals surface area contributed by atoms with Gasteiger partial charge in [0.2, 0.25) is 0 Å². The first-order valence-electron chi connectivity index (χ1n) is 14.8. The van der Waals surface area contributed by atoms with Crippen molar-refractivity contribution in [2.75, 3.05) is 0 Å². The zero-order chi connectivity index (χ0) is 29.2. The summed E-state index contributed by atoms with van der Waals surface area (Å²) in [6, 6.07) is 40.0. The minimum absolute atomic E-state index is 0.00839. The Bertz CT molecular complexity index is 1890. The average molecular weight is 573 g/mol. The summed E-state index contributed by atoms with van der Waals surface area (Å²) in [5, 5.41) is 2.78. The number of benzene rings is 2. The Morgan fingerprint density at radius 2 is 1.16 bits per heavy atom. The molecule has 1 unspecified atom stereocenters. The van der Waals surface area contributed by atoms with Gasteiger partial charge in [0.05, 0.1) is 34.5 Å². The fourth-order valence-corrected chi connectivity index (χ4v) is 10.4. The Morgan fingerprint density at radius 1 is 0.581 bits per heavy atom. The Hall–Kier alpha value is -5.00. The van der Waals surface area contributed by atoms with Crippen molar-refractivity contribution >= 4 is 30.1 Å². The van der Waals surface area contributed by atoms with Gasteiger partial charge in [-0.15, -0.1) is 0 Å². The van der Waals surface area contributed by atoms with Crippen LogP contribution in [0.2, 0.25) is 13.1 Å². The number of hydrogen-bond donors (Lipinski definition) is 0. The van der Waals surface area contributed by atoms with Crippen molar-refractivity contribution in [3.8, 4) is 11.4 Å². The molecule has 5 heterocycles. The van der Waals surface area contributed by atoms with Crippen LogP contribution in [-0.4, -0.2) is 34.8 Å². The number of nitrogens with zero attached hydrogens (tertiary/aromatic N) is 4. The molecule has 0 amide bonds. The summed E-state index contributed by atoms with van der Waals surface area (Å²) < 4.78 is 0. The summed E-state index contributed by atoms with van der Waals surface area (Å²) in [7, 11) is -2.36. The van der Waals surface area contributed by atoms with E-state index in [4.69, 9.17) is 9.98 Å². The molecule has 2 aromatic carbocycles. The highest BCUT2D eigenvalue weighted by molar-refractivity contribution is 7.04. The molecule has 0 radical (unpaired) electrons. The third kappa shape index (κ3) is 5.02. The quantitative estimate of drug-likeness (QED) is 0.192. The molecule has 208 valence electrons. The molecule has 7 rings (SSSR count). The lowest BCUT2D eigenvalue weighted by Gasteiger charge is -2.30. The topological polar surface area (TPSA) is 51.0 Å². The predicted molar refractivity (Wildman–Crippen MR) is 180 cm³/mol. The molecule has 5 aromatic rings. The van der Waals surface area contributed by atoms with Gasteiger partial charge in [-0.2, -0.15) is 0 Å². The molecule has 0 bridgehead atoms. The van der Waals surface area contributed by atoms with Crippen LogP contribution in [0.15, 0.2) is 150 Å². The lowest BCUT2D eigenvalue weighted by molar-refractivity contribution is 0.809. The summed E-state index contributed by atoms with van der Waals surface area (Å²) in [4.78, 5) is 19.9. The summed E-state index contributed by atoms with van der Waals surface area (Å²) in [5.41, 5.74) is 9.61. The molecule has 0 saturated carbocycles. The minimum atomic E-state index is -2.36. The van der Waals surface area contributed by atoms with Crippen LogP contribution in [0.1, 0.15) is 28.9 Å². The Labute approximate surface area is 254 Å². The lowest BCUT2D eigenvalue weighted by atomic mass is 9.89. The van der Waals surface area contributed by atoms with E-state index in [0.29, 0.717) is 0 Å². The van der Waals surface area contributed by atoms with Crippen molar-refractivity contribution in [3.63, 3.8) is 0 Å². The molecule has 4 nitrogen and oxygen atoms in total. The van der Waals surface area contributed by atoms with E-state index in [2.05, 4.69) is 114 Å². The molecule has 2 aliphatic heterocycles. The maximum absolute atomic E-state index is 5.41. The van der Waals surface area contributed by atoms with Gasteiger partial charge < -0.3 is 0 Å². The van der Waals surface area contributed by atoms with Crippen molar-refractivity contribution in [3.05, 3.63) is 168 Å².